The van der Waals surface area contributed by atoms with Gasteiger partial charge in [0.25, 0.3) is 0 Å². The molecule has 0 radical (unpaired) electrons. The third-order valence-corrected chi connectivity index (χ3v) is 3.35. The van der Waals surface area contributed by atoms with E-state index in [0.717, 1.165) is 37.8 Å². The van der Waals surface area contributed by atoms with Crippen molar-refractivity contribution in [3.8, 4) is 5.75 Å². The first-order chi connectivity index (χ1) is 9.58. The van der Waals surface area contributed by atoms with Gasteiger partial charge in [0.2, 0.25) is 0 Å². The van der Waals surface area contributed by atoms with Gasteiger partial charge in [-0.2, -0.15) is 0 Å². The van der Waals surface area contributed by atoms with Crippen molar-refractivity contribution >= 4 is 0 Å². The van der Waals surface area contributed by atoms with Crippen LogP contribution in [-0.4, -0.2) is 13.2 Å². The van der Waals surface area contributed by atoms with Crippen molar-refractivity contribution in [2.45, 2.75) is 53.5 Å². The molecule has 0 aliphatic carbocycles. The molecule has 0 bridgehead atoms. The predicted octanol–water partition coefficient (Wildman–Crippen LogP) is 4.64. The minimum Gasteiger partial charge on any atom is -0.494 e. The summed E-state index contributed by atoms with van der Waals surface area (Å²) >= 11 is 0. The Morgan fingerprint density at radius 3 is 2.20 bits per heavy atom. The molecular formula is C18H31NO. The Labute approximate surface area is 124 Å². The van der Waals surface area contributed by atoms with E-state index in [9.17, 15) is 0 Å². The van der Waals surface area contributed by atoms with Gasteiger partial charge in [0, 0.05) is 6.54 Å². The Morgan fingerprint density at radius 1 is 0.950 bits per heavy atom. The Kier molecular flexibility index (Phi) is 8.36. The highest BCUT2D eigenvalue weighted by Gasteiger charge is 1.98. The normalized spacial score (nSPS) is 11.3. The molecule has 0 saturated heterocycles. The zero-order chi connectivity index (χ0) is 14.8. The third kappa shape index (κ3) is 8.21. The second kappa shape index (κ2) is 9.82. The highest BCUT2D eigenvalue weighted by atomic mass is 16.5. The molecule has 0 unspecified atom stereocenters. The van der Waals surface area contributed by atoms with E-state index in [0.29, 0.717) is 5.92 Å². The first-order valence-electron chi connectivity index (χ1n) is 8.00. The van der Waals surface area contributed by atoms with Crippen LogP contribution in [0, 0.1) is 11.8 Å². The van der Waals surface area contributed by atoms with Gasteiger partial charge in [-0.05, 0) is 55.3 Å². The standard InChI is InChI=1S/C18H31NO/c1-15(2)6-5-12-19-14-17-7-9-18(10-8-17)20-13-11-16(3)4/h7-10,15-16,19H,5-6,11-14H2,1-4H3. The largest absolute Gasteiger partial charge is 0.494 e. The maximum Gasteiger partial charge on any atom is 0.119 e. The molecule has 1 aromatic rings. The van der Waals surface area contributed by atoms with Gasteiger partial charge in [-0.1, -0.05) is 39.8 Å². The molecular weight excluding hydrogens is 246 g/mol. The van der Waals surface area contributed by atoms with Crippen LogP contribution in [0.2, 0.25) is 0 Å². The smallest absolute Gasteiger partial charge is 0.119 e. The number of ether oxygens (including phenoxy) is 1. The number of nitrogens with one attached hydrogen (secondary N) is 1. The summed E-state index contributed by atoms with van der Waals surface area (Å²) in [5.41, 5.74) is 1.32. The molecule has 2 heteroatoms. The van der Waals surface area contributed by atoms with Crippen molar-refractivity contribution in [2.24, 2.45) is 11.8 Å². The van der Waals surface area contributed by atoms with E-state index in [-0.39, 0.29) is 0 Å². The van der Waals surface area contributed by atoms with Crippen LogP contribution in [0.25, 0.3) is 0 Å². The van der Waals surface area contributed by atoms with E-state index in [4.69, 9.17) is 4.74 Å². The minimum atomic E-state index is 0.698. The first kappa shape index (κ1) is 17.0. The summed E-state index contributed by atoms with van der Waals surface area (Å²) in [7, 11) is 0. The number of hydrogen-bond donors (Lipinski definition) is 1. The van der Waals surface area contributed by atoms with Crippen molar-refractivity contribution in [3.05, 3.63) is 29.8 Å². The van der Waals surface area contributed by atoms with Gasteiger partial charge < -0.3 is 10.1 Å². The second-order valence-electron chi connectivity index (χ2n) is 6.39. The molecule has 20 heavy (non-hydrogen) atoms. The van der Waals surface area contributed by atoms with Gasteiger partial charge in [0.05, 0.1) is 6.61 Å². The number of benzene rings is 1. The van der Waals surface area contributed by atoms with Crippen LogP contribution < -0.4 is 10.1 Å². The SMILES string of the molecule is CC(C)CCCNCc1ccc(OCCC(C)C)cc1. The summed E-state index contributed by atoms with van der Waals surface area (Å²) in [4.78, 5) is 0. The van der Waals surface area contributed by atoms with E-state index in [1.54, 1.807) is 0 Å². The molecule has 0 aromatic heterocycles. The highest BCUT2D eigenvalue weighted by Crippen LogP contribution is 2.13. The van der Waals surface area contributed by atoms with Crippen molar-refractivity contribution < 1.29 is 4.74 Å². The van der Waals surface area contributed by atoms with Gasteiger partial charge >= 0.3 is 0 Å². The fourth-order valence-electron chi connectivity index (χ4n) is 1.98. The summed E-state index contributed by atoms with van der Waals surface area (Å²) in [5, 5.41) is 3.49. The fourth-order valence-corrected chi connectivity index (χ4v) is 1.98. The average Bonchev–Trinajstić information content (AvgIpc) is 2.39. The van der Waals surface area contributed by atoms with Crippen LogP contribution in [-0.2, 0) is 6.54 Å². The third-order valence-electron chi connectivity index (χ3n) is 3.35. The quantitative estimate of drug-likeness (QED) is 0.629. The lowest BCUT2D eigenvalue weighted by Gasteiger charge is -2.09. The second-order valence-corrected chi connectivity index (χ2v) is 6.39. The molecule has 1 N–H and O–H groups in total. The Morgan fingerprint density at radius 2 is 1.60 bits per heavy atom. The van der Waals surface area contributed by atoms with Crippen LogP contribution in [0.4, 0.5) is 0 Å². The number of rotatable bonds is 10. The maximum atomic E-state index is 5.72. The molecule has 0 saturated carbocycles. The Bertz CT molecular complexity index is 343. The predicted molar refractivity (Wildman–Crippen MR) is 87.2 cm³/mol. The highest BCUT2D eigenvalue weighted by molar-refractivity contribution is 5.27. The molecule has 0 aliphatic rings. The molecule has 0 aliphatic heterocycles. The van der Waals surface area contributed by atoms with Crippen LogP contribution in [0.5, 0.6) is 5.75 Å². The van der Waals surface area contributed by atoms with Crippen LogP contribution in [0.1, 0.15) is 52.5 Å². The molecule has 114 valence electrons. The van der Waals surface area contributed by atoms with E-state index < -0.39 is 0 Å². The Balaban J connectivity index is 2.18. The maximum absolute atomic E-state index is 5.72. The number of hydrogen-bond acceptors (Lipinski definition) is 2. The summed E-state index contributed by atoms with van der Waals surface area (Å²) < 4.78 is 5.72. The molecule has 2 nitrogen and oxygen atoms in total. The monoisotopic (exact) mass is 277 g/mol. The van der Waals surface area contributed by atoms with Gasteiger partial charge in [-0.3, -0.25) is 0 Å². The Hall–Kier alpha value is -1.02. The minimum absolute atomic E-state index is 0.698. The molecule has 0 atom stereocenters. The van der Waals surface area contributed by atoms with Gasteiger partial charge in [0.1, 0.15) is 5.75 Å². The fraction of sp³-hybridized carbons (Fsp3) is 0.667. The summed E-state index contributed by atoms with van der Waals surface area (Å²) in [6.07, 6.45) is 3.67. The van der Waals surface area contributed by atoms with E-state index in [2.05, 4.69) is 57.3 Å². The zero-order valence-electron chi connectivity index (χ0n) is 13.6. The lowest BCUT2D eigenvalue weighted by Crippen LogP contribution is -2.15. The summed E-state index contributed by atoms with van der Waals surface area (Å²) in [5.74, 6) is 2.48. The molecule has 1 aromatic carbocycles. The van der Waals surface area contributed by atoms with Crippen LogP contribution in [0.15, 0.2) is 24.3 Å². The van der Waals surface area contributed by atoms with Crippen LogP contribution >= 0.6 is 0 Å². The average molecular weight is 277 g/mol. The van der Waals surface area contributed by atoms with Crippen molar-refractivity contribution in [1.82, 2.24) is 5.32 Å². The topological polar surface area (TPSA) is 21.3 Å². The van der Waals surface area contributed by atoms with Gasteiger partial charge in [0.15, 0.2) is 0 Å². The van der Waals surface area contributed by atoms with Crippen molar-refractivity contribution in [3.63, 3.8) is 0 Å². The molecule has 0 fully saturated rings. The molecule has 1 rings (SSSR count). The summed E-state index contributed by atoms with van der Waals surface area (Å²) in [6, 6.07) is 8.46. The van der Waals surface area contributed by atoms with Crippen LogP contribution in [0.3, 0.4) is 0 Å². The lowest BCUT2D eigenvalue weighted by atomic mass is 10.1. The van der Waals surface area contributed by atoms with E-state index in [1.165, 1.54) is 18.4 Å². The first-order valence-corrected chi connectivity index (χ1v) is 8.00. The van der Waals surface area contributed by atoms with Crippen molar-refractivity contribution in [1.29, 1.82) is 0 Å². The molecule has 0 amide bonds. The van der Waals surface area contributed by atoms with Crippen molar-refractivity contribution in [2.75, 3.05) is 13.2 Å². The van der Waals surface area contributed by atoms with Gasteiger partial charge in [-0.25, -0.2) is 0 Å². The van der Waals surface area contributed by atoms with E-state index in [1.807, 2.05) is 0 Å². The molecule has 0 heterocycles. The molecule has 0 spiro atoms. The zero-order valence-corrected chi connectivity index (χ0v) is 13.6. The van der Waals surface area contributed by atoms with Gasteiger partial charge in [-0.15, -0.1) is 0 Å². The lowest BCUT2D eigenvalue weighted by molar-refractivity contribution is 0.289. The van der Waals surface area contributed by atoms with E-state index >= 15 is 0 Å². The summed E-state index contributed by atoms with van der Waals surface area (Å²) in [6.45, 7) is 11.9.